The molecule has 1 heterocycles. The molecule has 20 heavy (non-hydrogen) atoms. The van der Waals surface area contributed by atoms with E-state index in [2.05, 4.69) is 4.90 Å². The third-order valence-corrected chi connectivity index (χ3v) is 3.72. The van der Waals surface area contributed by atoms with E-state index < -0.39 is 12.0 Å². The monoisotopic (exact) mass is 280 g/mol. The van der Waals surface area contributed by atoms with Crippen molar-refractivity contribution in [3.05, 3.63) is 18.2 Å². The van der Waals surface area contributed by atoms with Gasteiger partial charge in [-0.1, -0.05) is 0 Å². The molecular weight excluding hydrogens is 260 g/mol. The Morgan fingerprint density at radius 2 is 1.95 bits per heavy atom. The number of benzene rings is 1. The van der Waals surface area contributed by atoms with Crippen LogP contribution in [0.3, 0.4) is 0 Å². The summed E-state index contributed by atoms with van der Waals surface area (Å²) in [6.45, 7) is 1.41. The van der Waals surface area contributed by atoms with E-state index in [0.717, 1.165) is 18.7 Å². The van der Waals surface area contributed by atoms with Crippen molar-refractivity contribution < 1.29 is 19.4 Å². The molecule has 6 heteroatoms. The lowest BCUT2D eigenvalue weighted by Gasteiger charge is -2.21. The number of nitrogens with zero attached hydrogens (tertiary/aromatic N) is 1. The van der Waals surface area contributed by atoms with Gasteiger partial charge < -0.3 is 25.2 Å². The summed E-state index contributed by atoms with van der Waals surface area (Å²) in [5.41, 5.74) is 6.66. The molecule has 1 fully saturated rings. The molecule has 0 radical (unpaired) electrons. The molecule has 110 valence electrons. The van der Waals surface area contributed by atoms with Crippen LogP contribution in [-0.4, -0.2) is 44.4 Å². The number of carboxylic acids is 1. The van der Waals surface area contributed by atoms with Crippen molar-refractivity contribution in [2.24, 2.45) is 11.7 Å². The number of anilines is 1. The number of ether oxygens (including phenoxy) is 2. The molecule has 0 aromatic heterocycles. The van der Waals surface area contributed by atoms with Crippen molar-refractivity contribution in [3.63, 3.8) is 0 Å². The predicted molar refractivity (Wildman–Crippen MR) is 75.5 cm³/mol. The second-order valence-electron chi connectivity index (χ2n) is 4.93. The third kappa shape index (κ3) is 2.96. The van der Waals surface area contributed by atoms with Crippen molar-refractivity contribution >= 4 is 11.7 Å². The normalized spacial score (nSPS) is 19.8. The largest absolute Gasteiger partial charge is 0.497 e. The van der Waals surface area contributed by atoms with Crippen LogP contribution in [0.25, 0.3) is 0 Å². The zero-order valence-corrected chi connectivity index (χ0v) is 11.7. The summed E-state index contributed by atoms with van der Waals surface area (Å²) in [5, 5.41) is 8.98. The van der Waals surface area contributed by atoms with Crippen LogP contribution >= 0.6 is 0 Å². The Labute approximate surface area is 118 Å². The first kappa shape index (κ1) is 14.5. The van der Waals surface area contributed by atoms with E-state index >= 15 is 0 Å². The molecule has 6 nitrogen and oxygen atoms in total. The first-order valence-electron chi connectivity index (χ1n) is 6.51. The van der Waals surface area contributed by atoms with E-state index in [-0.39, 0.29) is 5.92 Å². The number of carboxylic acid groups (broad SMARTS) is 1. The summed E-state index contributed by atoms with van der Waals surface area (Å²) < 4.78 is 10.5. The quantitative estimate of drug-likeness (QED) is 0.835. The number of rotatable bonds is 5. The number of nitrogens with two attached hydrogens (primary N) is 1. The lowest BCUT2D eigenvalue weighted by molar-refractivity contribution is -0.139. The first-order valence-corrected chi connectivity index (χ1v) is 6.51. The highest BCUT2D eigenvalue weighted by molar-refractivity contribution is 5.74. The second kappa shape index (κ2) is 6.00. The maximum Gasteiger partial charge on any atom is 0.320 e. The number of hydrogen-bond acceptors (Lipinski definition) is 5. The van der Waals surface area contributed by atoms with Crippen molar-refractivity contribution in [1.82, 2.24) is 0 Å². The van der Waals surface area contributed by atoms with E-state index in [9.17, 15) is 4.79 Å². The highest BCUT2D eigenvalue weighted by atomic mass is 16.5. The Bertz CT molecular complexity index is 470. The molecular formula is C14H20N2O4. The molecule has 3 N–H and O–H groups in total. The number of hydrogen-bond donors (Lipinski definition) is 2. The van der Waals surface area contributed by atoms with Gasteiger partial charge in [-0.3, -0.25) is 4.79 Å². The van der Waals surface area contributed by atoms with Gasteiger partial charge in [0, 0.05) is 42.9 Å². The van der Waals surface area contributed by atoms with Gasteiger partial charge in [-0.25, -0.2) is 0 Å². The number of methoxy groups -OCH3 is 2. The van der Waals surface area contributed by atoms with Crippen LogP contribution in [-0.2, 0) is 4.79 Å². The Hall–Kier alpha value is -1.95. The molecule has 0 bridgehead atoms. The van der Waals surface area contributed by atoms with Crippen LogP contribution in [0, 0.1) is 5.92 Å². The zero-order valence-electron chi connectivity index (χ0n) is 11.7. The average Bonchev–Trinajstić information content (AvgIpc) is 2.95. The average molecular weight is 280 g/mol. The van der Waals surface area contributed by atoms with Crippen molar-refractivity contribution in [2.45, 2.75) is 12.5 Å². The van der Waals surface area contributed by atoms with Gasteiger partial charge in [-0.2, -0.15) is 0 Å². The van der Waals surface area contributed by atoms with Crippen molar-refractivity contribution in [2.75, 3.05) is 32.2 Å². The summed E-state index contributed by atoms with van der Waals surface area (Å²) in [5.74, 6) is 0.445. The highest BCUT2D eigenvalue weighted by Gasteiger charge is 2.31. The zero-order chi connectivity index (χ0) is 14.7. The molecule has 1 aliphatic rings. The van der Waals surface area contributed by atoms with Gasteiger partial charge in [0.1, 0.15) is 17.5 Å². The molecule has 2 rings (SSSR count). The topological polar surface area (TPSA) is 85.0 Å². The van der Waals surface area contributed by atoms with E-state index in [1.165, 1.54) is 0 Å². The highest BCUT2D eigenvalue weighted by Crippen LogP contribution is 2.32. The van der Waals surface area contributed by atoms with Gasteiger partial charge in [0.05, 0.1) is 14.2 Å². The van der Waals surface area contributed by atoms with Gasteiger partial charge in [0.25, 0.3) is 0 Å². The molecule has 1 aromatic rings. The fourth-order valence-electron chi connectivity index (χ4n) is 2.49. The minimum atomic E-state index is -0.944. The molecule has 0 spiro atoms. The molecule has 1 aliphatic heterocycles. The van der Waals surface area contributed by atoms with Crippen LogP contribution in [0.15, 0.2) is 18.2 Å². The van der Waals surface area contributed by atoms with Crippen LogP contribution in [0.1, 0.15) is 6.42 Å². The van der Waals surface area contributed by atoms with E-state index in [1.54, 1.807) is 20.3 Å². The Balaban J connectivity index is 2.15. The smallest absolute Gasteiger partial charge is 0.320 e. The minimum absolute atomic E-state index is 0.0373. The second-order valence-corrected chi connectivity index (χ2v) is 4.93. The molecule has 0 aliphatic carbocycles. The molecule has 2 atom stereocenters. The van der Waals surface area contributed by atoms with Crippen LogP contribution in [0.4, 0.5) is 5.69 Å². The molecule has 0 amide bonds. The summed E-state index contributed by atoms with van der Waals surface area (Å²) in [7, 11) is 3.21. The van der Waals surface area contributed by atoms with Gasteiger partial charge in [0.2, 0.25) is 0 Å². The fourth-order valence-corrected chi connectivity index (χ4v) is 2.49. The predicted octanol–water partition coefficient (Wildman–Crippen LogP) is 0.942. The van der Waals surface area contributed by atoms with Crippen LogP contribution < -0.4 is 20.1 Å². The SMILES string of the molecule is COc1cc(OC)cc(N2CCC(C(N)C(=O)O)C2)c1. The maximum atomic E-state index is 10.9. The Morgan fingerprint density at radius 3 is 2.45 bits per heavy atom. The van der Waals surface area contributed by atoms with Gasteiger partial charge >= 0.3 is 5.97 Å². The van der Waals surface area contributed by atoms with Crippen molar-refractivity contribution in [3.8, 4) is 11.5 Å². The lowest BCUT2D eigenvalue weighted by atomic mass is 10.0. The Kier molecular flexibility index (Phi) is 4.34. The summed E-state index contributed by atoms with van der Waals surface area (Å²) >= 11 is 0. The van der Waals surface area contributed by atoms with Crippen LogP contribution in [0.5, 0.6) is 11.5 Å². The third-order valence-electron chi connectivity index (χ3n) is 3.72. The van der Waals surface area contributed by atoms with Gasteiger partial charge in [0.15, 0.2) is 0 Å². The summed E-state index contributed by atoms with van der Waals surface area (Å²) in [6.07, 6.45) is 0.771. The fraction of sp³-hybridized carbons (Fsp3) is 0.500. The standard InChI is InChI=1S/C14H20N2O4/c1-19-11-5-10(6-12(7-11)20-2)16-4-3-9(8-16)13(15)14(17)18/h5-7,9,13H,3-4,8,15H2,1-2H3,(H,17,18). The molecule has 2 unspecified atom stereocenters. The maximum absolute atomic E-state index is 10.9. The molecule has 1 aromatic carbocycles. The van der Waals surface area contributed by atoms with E-state index in [4.69, 9.17) is 20.3 Å². The number of carbonyl (C=O) groups is 1. The summed E-state index contributed by atoms with van der Waals surface area (Å²) in [6, 6.07) is 4.82. The minimum Gasteiger partial charge on any atom is -0.497 e. The first-order chi connectivity index (χ1) is 9.55. The van der Waals surface area contributed by atoms with Gasteiger partial charge in [-0.15, -0.1) is 0 Å². The van der Waals surface area contributed by atoms with Gasteiger partial charge in [-0.05, 0) is 6.42 Å². The van der Waals surface area contributed by atoms with E-state index in [1.807, 2.05) is 12.1 Å². The Morgan fingerprint density at radius 1 is 1.35 bits per heavy atom. The molecule has 0 saturated carbocycles. The lowest BCUT2D eigenvalue weighted by Crippen LogP contribution is -2.39. The molecule has 1 saturated heterocycles. The number of aliphatic carboxylic acids is 1. The van der Waals surface area contributed by atoms with Crippen LogP contribution in [0.2, 0.25) is 0 Å². The van der Waals surface area contributed by atoms with Crippen molar-refractivity contribution in [1.29, 1.82) is 0 Å². The summed E-state index contributed by atoms with van der Waals surface area (Å²) in [4.78, 5) is 13.1. The van der Waals surface area contributed by atoms with E-state index in [0.29, 0.717) is 18.0 Å².